The Morgan fingerprint density at radius 2 is 2.00 bits per heavy atom. The molecule has 0 saturated heterocycles. The van der Waals surface area contributed by atoms with Crippen molar-refractivity contribution in [2.75, 3.05) is 18.2 Å². The summed E-state index contributed by atoms with van der Waals surface area (Å²) < 4.78 is 7.70. The van der Waals surface area contributed by atoms with Crippen LogP contribution >= 0.6 is 11.3 Å². The number of aromatic nitrogens is 1. The lowest BCUT2D eigenvalue weighted by Crippen LogP contribution is -2.42. The fourth-order valence-electron chi connectivity index (χ4n) is 2.95. The predicted molar refractivity (Wildman–Crippen MR) is 106 cm³/mol. The zero-order valence-electron chi connectivity index (χ0n) is 14.8. The monoisotopic (exact) mass is 381 g/mol. The number of anilines is 1. The lowest BCUT2D eigenvalue weighted by atomic mass is 10.2. The number of benzene rings is 2. The van der Waals surface area contributed by atoms with Gasteiger partial charge in [-0.1, -0.05) is 29.5 Å². The zero-order valence-corrected chi connectivity index (χ0v) is 15.6. The van der Waals surface area contributed by atoms with Gasteiger partial charge in [-0.2, -0.15) is 0 Å². The van der Waals surface area contributed by atoms with Crippen molar-refractivity contribution in [2.45, 2.75) is 13.6 Å². The minimum Gasteiger partial charge on any atom is -0.507 e. The highest BCUT2D eigenvalue weighted by atomic mass is 32.1. The molecule has 2 heterocycles. The predicted octanol–water partition coefficient (Wildman–Crippen LogP) is 1.90. The van der Waals surface area contributed by atoms with Gasteiger partial charge in [-0.3, -0.25) is 9.36 Å². The van der Waals surface area contributed by atoms with Crippen LogP contribution in [0.15, 0.2) is 58.3 Å². The Morgan fingerprint density at radius 3 is 2.74 bits per heavy atom. The second-order valence-electron chi connectivity index (χ2n) is 6.09. The van der Waals surface area contributed by atoms with E-state index in [9.17, 15) is 9.90 Å². The number of para-hydroxylation sites is 1. The molecular formula is C20H19N3O3S. The lowest BCUT2D eigenvalue weighted by molar-refractivity contribution is 0.340. The van der Waals surface area contributed by atoms with Gasteiger partial charge in [-0.25, -0.2) is 4.99 Å². The summed E-state index contributed by atoms with van der Waals surface area (Å²) in [5.41, 5.74) is 1.51. The second-order valence-corrected chi connectivity index (χ2v) is 7.10. The molecule has 0 bridgehead atoms. The number of thiazole rings is 1. The SMILES string of the molecule is CCOc1ccc(N2CN=c3sc(=Cc4ccccc4O)c(=O)n3C2)cc1. The van der Waals surface area contributed by atoms with Crippen LogP contribution in [0.3, 0.4) is 0 Å². The van der Waals surface area contributed by atoms with Gasteiger partial charge in [0.15, 0.2) is 4.80 Å². The van der Waals surface area contributed by atoms with Gasteiger partial charge in [0.05, 0.1) is 11.1 Å². The molecule has 1 aliphatic rings. The Kier molecular flexibility index (Phi) is 4.68. The number of ether oxygens (including phenoxy) is 1. The fraction of sp³-hybridized carbons (Fsp3) is 0.200. The van der Waals surface area contributed by atoms with Crippen LogP contribution < -0.4 is 24.5 Å². The standard InChI is InChI=1S/C20H19N3O3S/c1-2-26-16-9-7-15(8-10-16)22-12-21-20-23(13-22)19(25)18(27-20)11-14-5-3-4-6-17(14)24/h3-11,24H,2,12-13H2,1H3. The van der Waals surface area contributed by atoms with Crippen molar-refractivity contribution in [2.24, 2.45) is 4.99 Å². The van der Waals surface area contributed by atoms with E-state index in [0.717, 1.165) is 11.4 Å². The van der Waals surface area contributed by atoms with Gasteiger partial charge >= 0.3 is 0 Å². The van der Waals surface area contributed by atoms with Gasteiger partial charge in [0.25, 0.3) is 5.56 Å². The zero-order chi connectivity index (χ0) is 18.8. The van der Waals surface area contributed by atoms with Gasteiger partial charge in [0.2, 0.25) is 0 Å². The summed E-state index contributed by atoms with van der Waals surface area (Å²) in [6.07, 6.45) is 1.71. The summed E-state index contributed by atoms with van der Waals surface area (Å²) in [4.78, 5) is 20.1. The lowest BCUT2D eigenvalue weighted by Gasteiger charge is -2.25. The first-order valence-electron chi connectivity index (χ1n) is 8.67. The number of phenols is 1. The number of phenolic OH excluding ortho intramolecular Hbond substituents is 1. The van der Waals surface area contributed by atoms with E-state index in [4.69, 9.17) is 4.74 Å². The van der Waals surface area contributed by atoms with Gasteiger partial charge < -0.3 is 14.7 Å². The normalized spacial score (nSPS) is 14.0. The van der Waals surface area contributed by atoms with Crippen LogP contribution in [0.5, 0.6) is 11.5 Å². The summed E-state index contributed by atoms with van der Waals surface area (Å²) in [5, 5.41) is 9.94. The first kappa shape index (κ1) is 17.4. The molecule has 6 nitrogen and oxygen atoms in total. The molecule has 0 aliphatic carbocycles. The molecule has 2 aromatic carbocycles. The number of aromatic hydroxyl groups is 1. The summed E-state index contributed by atoms with van der Waals surface area (Å²) >= 11 is 1.34. The average molecular weight is 381 g/mol. The van der Waals surface area contributed by atoms with Crippen LogP contribution in [0.25, 0.3) is 6.08 Å². The van der Waals surface area contributed by atoms with Crippen LogP contribution in [0.2, 0.25) is 0 Å². The summed E-state index contributed by atoms with van der Waals surface area (Å²) in [6, 6.07) is 14.7. The highest BCUT2D eigenvalue weighted by Crippen LogP contribution is 2.20. The quantitative estimate of drug-likeness (QED) is 0.750. The third-order valence-electron chi connectivity index (χ3n) is 4.31. The van der Waals surface area contributed by atoms with Gasteiger partial charge in [-0.05, 0) is 43.3 Å². The molecule has 0 atom stereocenters. The van der Waals surface area contributed by atoms with Crippen LogP contribution in [0.1, 0.15) is 12.5 Å². The van der Waals surface area contributed by atoms with Crippen LogP contribution in [0, 0.1) is 0 Å². The maximum Gasteiger partial charge on any atom is 0.271 e. The minimum atomic E-state index is -0.0994. The van der Waals surface area contributed by atoms with Crippen molar-refractivity contribution in [1.82, 2.24) is 4.57 Å². The topological polar surface area (TPSA) is 67.1 Å². The van der Waals surface area contributed by atoms with Crippen molar-refractivity contribution in [3.05, 3.63) is 73.8 Å². The van der Waals surface area contributed by atoms with E-state index in [0.29, 0.717) is 34.8 Å². The highest BCUT2D eigenvalue weighted by Gasteiger charge is 2.16. The summed E-state index contributed by atoms with van der Waals surface area (Å²) in [5.74, 6) is 0.976. The Bertz CT molecular complexity index is 1130. The number of fused-ring (bicyclic) bond motifs is 1. The Morgan fingerprint density at radius 1 is 1.22 bits per heavy atom. The molecule has 0 radical (unpaired) electrons. The molecule has 0 spiro atoms. The van der Waals surface area contributed by atoms with Crippen LogP contribution in [0.4, 0.5) is 5.69 Å². The van der Waals surface area contributed by atoms with Gasteiger partial charge in [-0.15, -0.1) is 0 Å². The van der Waals surface area contributed by atoms with Gasteiger partial charge in [0, 0.05) is 11.3 Å². The fourth-order valence-corrected chi connectivity index (χ4v) is 3.90. The molecular weight excluding hydrogens is 362 g/mol. The minimum absolute atomic E-state index is 0.0994. The highest BCUT2D eigenvalue weighted by molar-refractivity contribution is 7.07. The Balaban J connectivity index is 1.65. The first-order chi connectivity index (χ1) is 13.2. The van der Waals surface area contributed by atoms with Crippen molar-refractivity contribution < 1.29 is 9.84 Å². The molecule has 7 heteroatoms. The second kappa shape index (κ2) is 7.28. The third kappa shape index (κ3) is 3.46. The molecule has 0 unspecified atom stereocenters. The smallest absolute Gasteiger partial charge is 0.271 e. The van der Waals surface area contributed by atoms with Crippen LogP contribution in [-0.4, -0.2) is 22.9 Å². The largest absolute Gasteiger partial charge is 0.507 e. The molecule has 0 fully saturated rings. The van der Waals surface area contributed by atoms with E-state index in [-0.39, 0.29) is 11.3 Å². The number of nitrogens with zero attached hydrogens (tertiary/aromatic N) is 3. The van der Waals surface area contributed by atoms with E-state index in [1.807, 2.05) is 42.2 Å². The van der Waals surface area contributed by atoms with E-state index in [1.54, 1.807) is 28.8 Å². The molecule has 138 valence electrons. The number of rotatable bonds is 4. The first-order valence-corrected chi connectivity index (χ1v) is 9.49. The van der Waals surface area contributed by atoms with E-state index in [1.165, 1.54) is 11.3 Å². The molecule has 0 amide bonds. The third-order valence-corrected chi connectivity index (χ3v) is 5.36. The van der Waals surface area contributed by atoms with Crippen molar-refractivity contribution >= 4 is 23.1 Å². The molecule has 0 saturated carbocycles. The molecule has 4 rings (SSSR count). The summed E-state index contributed by atoms with van der Waals surface area (Å²) in [6.45, 7) is 3.51. The Hall–Kier alpha value is -3.06. The van der Waals surface area contributed by atoms with E-state index >= 15 is 0 Å². The molecule has 1 N–H and O–H groups in total. The molecule has 1 aliphatic heterocycles. The van der Waals surface area contributed by atoms with Crippen molar-refractivity contribution in [1.29, 1.82) is 0 Å². The Labute approximate surface area is 159 Å². The van der Waals surface area contributed by atoms with E-state index < -0.39 is 0 Å². The van der Waals surface area contributed by atoms with Gasteiger partial charge in [0.1, 0.15) is 24.8 Å². The average Bonchev–Trinajstić information content (AvgIpc) is 3.00. The molecule has 27 heavy (non-hydrogen) atoms. The van der Waals surface area contributed by atoms with Crippen molar-refractivity contribution in [3.8, 4) is 11.5 Å². The maximum absolute atomic E-state index is 12.8. The van der Waals surface area contributed by atoms with E-state index in [2.05, 4.69) is 4.99 Å². The van der Waals surface area contributed by atoms with Crippen molar-refractivity contribution in [3.63, 3.8) is 0 Å². The molecule has 3 aromatic rings. The number of hydrogen-bond acceptors (Lipinski definition) is 6. The maximum atomic E-state index is 12.8. The van der Waals surface area contributed by atoms with Crippen LogP contribution in [-0.2, 0) is 6.67 Å². The summed E-state index contributed by atoms with van der Waals surface area (Å²) in [7, 11) is 0. The number of hydrogen-bond donors (Lipinski definition) is 1. The molecule has 1 aromatic heterocycles.